The van der Waals surface area contributed by atoms with Crippen LogP contribution in [-0.2, 0) is 0 Å². The maximum atomic E-state index is 13.8. The van der Waals surface area contributed by atoms with E-state index in [9.17, 15) is 9.18 Å². The van der Waals surface area contributed by atoms with Crippen molar-refractivity contribution in [2.75, 3.05) is 0 Å². The third-order valence-corrected chi connectivity index (χ3v) is 3.25. The van der Waals surface area contributed by atoms with Crippen molar-refractivity contribution >= 4 is 5.91 Å². The number of H-pyrrole nitrogens is 1. The summed E-state index contributed by atoms with van der Waals surface area (Å²) in [5.74, 6) is -1.40. The van der Waals surface area contributed by atoms with Crippen molar-refractivity contribution in [3.8, 4) is 22.4 Å². The summed E-state index contributed by atoms with van der Waals surface area (Å²) in [7, 11) is 0. The molecule has 3 N–H and O–H groups in total. The Kier molecular flexibility index (Phi) is 3.23. The summed E-state index contributed by atoms with van der Waals surface area (Å²) in [5.41, 5.74) is 8.12. The Morgan fingerprint density at radius 1 is 1.10 bits per heavy atom. The summed E-state index contributed by atoms with van der Waals surface area (Å²) in [6.45, 7) is 0. The number of amides is 1. The van der Waals surface area contributed by atoms with Crippen LogP contribution in [0, 0.1) is 5.82 Å². The molecular formula is C16H12FN3O. The molecule has 5 heteroatoms. The van der Waals surface area contributed by atoms with Crippen LogP contribution >= 0.6 is 0 Å². The van der Waals surface area contributed by atoms with E-state index in [1.165, 1.54) is 6.07 Å². The predicted octanol–water partition coefficient (Wildman–Crippen LogP) is 2.98. The minimum atomic E-state index is -0.782. The van der Waals surface area contributed by atoms with Gasteiger partial charge in [0.05, 0.1) is 11.3 Å². The predicted molar refractivity (Wildman–Crippen MR) is 77.9 cm³/mol. The molecule has 0 saturated heterocycles. The van der Waals surface area contributed by atoms with E-state index in [-0.39, 0.29) is 5.56 Å². The first-order chi connectivity index (χ1) is 10.2. The maximum absolute atomic E-state index is 13.8. The zero-order valence-corrected chi connectivity index (χ0v) is 11.0. The van der Waals surface area contributed by atoms with Crippen LogP contribution in [0.1, 0.15) is 10.4 Å². The SMILES string of the molecule is NC(=O)c1c(F)cccc1-c1cccc(-c2ccn[nH]2)c1. The van der Waals surface area contributed by atoms with Crippen LogP contribution in [0.15, 0.2) is 54.7 Å². The molecule has 1 amide bonds. The van der Waals surface area contributed by atoms with Gasteiger partial charge < -0.3 is 5.73 Å². The molecule has 0 aliphatic carbocycles. The summed E-state index contributed by atoms with van der Waals surface area (Å²) in [5, 5.41) is 6.77. The number of hydrogen-bond donors (Lipinski definition) is 2. The number of rotatable bonds is 3. The lowest BCUT2D eigenvalue weighted by Gasteiger charge is -2.09. The van der Waals surface area contributed by atoms with Crippen molar-refractivity contribution in [1.29, 1.82) is 0 Å². The van der Waals surface area contributed by atoms with Gasteiger partial charge in [-0.25, -0.2) is 4.39 Å². The second-order valence-corrected chi connectivity index (χ2v) is 4.58. The third kappa shape index (κ3) is 2.41. The van der Waals surface area contributed by atoms with E-state index < -0.39 is 11.7 Å². The van der Waals surface area contributed by atoms with E-state index in [1.54, 1.807) is 24.4 Å². The number of carbonyl (C=O) groups excluding carboxylic acids is 1. The van der Waals surface area contributed by atoms with Gasteiger partial charge in [-0.3, -0.25) is 9.89 Å². The van der Waals surface area contributed by atoms with E-state index in [0.29, 0.717) is 5.56 Å². The standard InChI is InChI=1S/C16H12FN3O/c17-13-6-2-5-12(15(13)16(18)21)10-3-1-4-11(9-10)14-7-8-19-20-14/h1-9H,(H2,18,21)(H,19,20). The zero-order chi connectivity index (χ0) is 14.8. The smallest absolute Gasteiger partial charge is 0.252 e. The number of benzene rings is 2. The Balaban J connectivity index is 2.16. The summed E-state index contributed by atoms with van der Waals surface area (Å²) in [6, 6.07) is 13.7. The van der Waals surface area contributed by atoms with E-state index in [0.717, 1.165) is 16.8 Å². The lowest BCUT2D eigenvalue weighted by Crippen LogP contribution is -2.14. The van der Waals surface area contributed by atoms with Gasteiger partial charge in [-0.2, -0.15) is 5.10 Å². The summed E-state index contributed by atoms with van der Waals surface area (Å²) < 4.78 is 13.8. The van der Waals surface area contributed by atoms with Crippen molar-refractivity contribution in [2.45, 2.75) is 0 Å². The van der Waals surface area contributed by atoms with E-state index >= 15 is 0 Å². The molecule has 2 aromatic carbocycles. The number of aromatic nitrogens is 2. The number of nitrogens with one attached hydrogen (secondary N) is 1. The first-order valence-electron chi connectivity index (χ1n) is 6.35. The van der Waals surface area contributed by atoms with Crippen LogP contribution in [0.5, 0.6) is 0 Å². The fraction of sp³-hybridized carbons (Fsp3) is 0. The van der Waals surface area contributed by atoms with Gasteiger partial charge in [0.2, 0.25) is 0 Å². The topological polar surface area (TPSA) is 71.8 Å². The van der Waals surface area contributed by atoms with Crippen molar-refractivity contribution < 1.29 is 9.18 Å². The molecule has 0 fully saturated rings. The van der Waals surface area contributed by atoms with Gasteiger partial charge in [0.1, 0.15) is 5.82 Å². The number of hydrogen-bond acceptors (Lipinski definition) is 2. The highest BCUT2D eigenvalue weighted by Crippen LogP contribution is 2.28. The molecule has 3 aromatic rings. The van der Waals surface area contributed by atoms with Crippen LogP contribution in [0.4, 0.5) is 4.39 Å². The minimum absolute atomic E-state index is 0.0979. The molecule has 1 heterocycles. The van der Waals surface area contributed by atoms with Gasteiger partial charge in [0.15, 0.2) is 0 Å². The molecule has 0 aliphatic heterocycles. The summed E-state index contributed by atoms with van der Waals surface area (Å²) in [4.78, 5) is 11.5. The van der Waals surface area contributed by atoms with Crippen LogP contribution in [0.3, 0.4) is 0 Å². The molecule has 0 bridgehead atoms. The second-order valence-electron chi connectivity index (χ2n) is 4.58. The molecule has 0 spiro atoms. The average molecular weight is 281 g/mol. The highest BCUT2D eigenvalue weighted by atomic mass is 19.1. The van der Waals surface area contributed by atoms with Gasteiger partial charge in [-0.05, 0) is 29.3 Å². The van der Waals surface area contributed by atoms with Gasteiger partial charge in [0.25, 0.3) is 5.91 Å². The number of halogens is 1. The van der Waals surface area contributed by atoms with Crippen molar-refractivity contribution in [3.05, 3.63) is 66.1 Å². The maximum Gasteiger partial charge on any atom is 0.252 e. The quantitative estimate of drug-likeness (QED) is 0.774. The molecule has 104 valence electrons. The average Bonchev–Trinajstić information content (AvgIpc) is 3.01. The number of carbonyl (C=O) groups is 1. The molecule has 0 unspecified atom stereocenters. The zero-order valence-electron chi connectivity index (χ0n) is 11.0. The van der Waals surface area contributed by atoms with Crippen LogP contribution in [-0.4, -0.2) is 16.1 Å². The number of aromatic amines is 1. The Morgan fingerprint density at radius 3 is 2.57 bits per heavy atom. The summed E-state index contributed by atoms with van der Waals surface area (Å²) >= 11 is 0. The van der Waals surface area contributed by atoms with Gasteiger partial charge in [0, 0.05) is 11.8 Å². The van der Waals surface area contributed by atoms with Crippen molar-refractivity contribution in [3.63, 3.8) is 0 Å². The molecule has 4 nitrogen and oxygen atoms in total. The molecule has 0 aliphatic rings. The van der Waals surface area contributed by atoms with Crippen LogP contribution in [0.25, 0.3) is 22.4 Å². The lowest BCUT2D eigenvalue weighted by atomic mass is 9.96. The molecule has 3 rings (SSSR count). The van der Waals surface area contributed by atoms with E-state index in [2.05, 4.69) is 10.2 Å². The van der Waals surface area contributed by atoms with Gasteiger partial charge in [-0.1, -0.05) is 30.3 Å². The minimum Gasteiger partial charge on any atom is -0.365 e. The number of primary amides is 1. The molecule has 21 heavy (non-hydrogen) atoms. The Bertz CT molecular complexity index is 797. The Hall–Kier alpha value is -2.95. The van der Waals surface area contributed by atoms with E-state index in [4.69, 9.17) is 5.73 Å². The van der Waals surface area contributed by atoms with Crippen LogP contribution < -0.4 is 5.73 Å². The highest BCUT2D eigenvalue weighted by Gasteiger charge is 2.15. The lowest BCUT2D eigenvalue weighted by molar-refractivity contribution is 0.0997. The first kappa shape index (κ1) is 13.1. The number of nitrogens with two attached hydrogens (primary N) is 1. The van der Waals surface area contributed by atoms with Crippen LogP contribution in [0.2, 0.25) is 0 Å². The Morgan fingerprint density at radius 2 is 1.86 bits per heavy atom. The fourth-order valence-corrected chi connectivity index (χ4v) is 2.29. The molecule has 0 saturated carbocycles. The monoisotopic (exact) mass is 281 g/mol. The third-order valence-electron chi connectivity index (χ3n) is 3.25. The van der Waals surface area contributed by atoms with E-state index in [1.807, 2.05) is 24.3 Å². The van der Waals surface area contributed by atoms with Crippen molar-refractivity contribution in [1.82, 2.24) is 10.2 Å². The molecule has 0 atom stereocenters. The first-order valence-corrected chi connectivity index (χ1v) is 6.35. The van der Waals surface area contributed by atoms with Gasteiger partial charge in [-0.15, -0.1) is 0 Å². The Labute approximate surface area is 120 Å². The summed E-state index contributed by atoms with van der Waals surface area (Å²) in [6.07, 6.45) is 1.65. The normalized spacial score (nSPS) is 10.5. The largest absolute Gasteiger partial charge is 0.365 e. The highest BCUT2D eigenvalue weighted by molar-refractivity contribution is 6.00. The molecule has 1 aromatic heterocycles. The number of nitrogens with zero attached hydrogens (tertiary/aromatic N) is 1. The molecular weight excluding hydrogens is 269 g/mol. The van der Waals surface area contributed by atoms with Gasteiger partial charge >= 0.3 is 0 Å². The van der Waals surface area contributed by atoms with Crippen molar-refractivity contribution in [2.24, 2.45) is 5.73 Å². The second kappa shape index (κ2) is 5.20. The molecule has 0 radical (unpaired) electrons. The fourth-order valence-electron chi connectivity index (χ4n) is 2.29.